The third-order valence-corrected chi connectivity index (χ3v) is 5.25. The van der Waals surface area contributed by atoms with Crippen molar-refractivity contribution in [1.29, 1.82) is 0 Å². The molecule has 1 heterocycles. The summed E-state index contributed by atoms with van der Waals surface area (Å²) in [6.45, 7) is 2.20. The Bertz CT molecular complexity index is 845. The van der Waals surface area contributed by atoms with E-state index in [4.69, 9.17) is 0 Å². The lowest BCUT2D eigenvalue weighted by Crippen LogP contribution is -2.33. The zero-order valence-electron chi connectivity index (χ0n) is 14.6. The number of hydrogen-bond donors (Lipinski definition) is 0. The molecule has 0 bridgehead atoms. The molecular formula is C24H25N. The predicted octanol–water partition coefficient (Wildman–Crippen LogP) is 6.08. The van der Waals surface area contributed by atoms with E-state index in [9.17, 15) is 0 Å². The van der Waals surface area contributed by atoms with E-state index in [1.54, 1.807) is 0 Å². The molecule has 1 saturated heterocycles. The molecule has 4 rings (SSSR count). The van der Waals surface area contributed by atoms with Crippen molar-refractivity contribution < 1.29 is 0 Å². The molecule has 0 aliphatic carbocycles. The SMILES string of the molecule is C(=C\c1ccccc1)/CN1CCCCC1c1cccc2ccccc12. The maximum atomic E-state index is 2.64. The molecule has 1 fully saturated rings. The van der Waals surface area contributed by atoms with Gasteiger partial charge in [0.1, 0.15) is 0 Å². The molecule has 1 nitrogen and oxygen atoms in total. The monoisotopic (exact) mass is 327 g/mol. The zero-order chi connectivity index (χ0) is 16.9. The van der Waals surface area contributed by atoms with Crippen LogP contribution in [-0.4, -0.2) is 18.0 Å². The van der Waals surface area contributed by atoms with Gasteiger partial charge in [-0.05, 0) is 41.3 Å². The topological polar surface area (TPSA) is 3.24 Å². The Hall–Kier alpha value is -2.38. The second kappa shape index (κ2) is 7.67. The molecule has 1 heteroatoms. The smallest absolute Gasteiger partial charge is 0.0357 e. The van der Waals surface area contributed by atoms with Gasteiger partial charge in [-0.25, -0.2) is 0 Å². The molecule has 1 atom stereocenters. The highest BCUT2D eigenvalue weighted by molar-refractivity contribution is 5.86. The Morgan fingerprint density at radius 3 is 2.56 bits per heavy atom. The van der Waals surface area contributed by atoms with Gasteiger partial charge in [-0.1, -0.05) is 91.4 Å². The first-order valence-corrected chi connectivity index (χ1v) is 9.35. The number of benzene rings is 3. The largest absolute Gasteiger partial charge is 0.293 e. The van der Waals surface area contributed by atoms with Gasteiger partial charge in [0.15, 0.2) is 0 Å². The summed E-state index contributed by atoms with van der Waals surface area (Å²) in [7, 11) is 0. The van der Waals surface area contributed by atoms with Crippen LogP contribution in [0.5, 0.6) is 0 Å². The number of nitrogens with zero attached hydrogens (tertiary/aromatic N) is 1. The van der Waals surface area contributed by atoms with Gasteiger partial charge in [-0.2, -0.15) is 0 Å². The summed E-state index contributed by atoms with van der Waals surface area (Å²) in [5, 5.41) is 2.76. The number of rotatable bonds is 4. The van der Waals surface area contributed by atoms with Gasteiger partial charge in [-0.3, -0.25) is 4.90 Å². The number of fused-ring (bicyclic) bond motifs is 1. The van der Waals surface area contributed by atoms with Crippen LogP contribution >= 0.6 is 0 Å². The fraction of sp³-hybridized carbons (Fsp3) is 0.250. The van der Waals surface area contributed by atoms with E-state index in [-0.39, 0.29) is 0 Å². The van der Waals surface area contributed by atoms with Gasteiger partial charge in [0.05, 0.1) is 0 Å². The second-order valence-electron chi connectivity index (χ2n) is 6.89. The number of likely N-dealkylation sites (tertiary alicyclic amines) is 1. The van der Waals surface area contributed by atoms with Crippen LogP contribution in [0.4, 0.5) is 0 Å². The van der Waals surface area contributed by atoms with Crippen molar-refractivity contribution in [3.05, 3.63) is 90.0 Å². The summed E-state index contributed by atoms with van der Waals surface area (Å²) >= 11 is 0. The molecule has 0 saturated carbocycles. The molecule has 126 valence electrons. The van der Waals surface area contributed by atoms with E-state index in [1.807, 2.05) is 0 Å². The summed E-state index contributed by atoms with van der Waals surface area (Å²) in [5.41, 5.74) is 2.77. The molecule has 0 aromatic heterocycles. The van der Waals surface area contributed by atoms with Crippen molar-refractivity contribution >= 4 is 16.8 Å². The fourth-order valence-electron chi connectivity index (χ4n) is 3.99. The highest BCUT2D eigenvalue weighted by Gasteiger charge is 2.24. The highest BCUT2D eigenvalue weighted by Crippen LogP contribution is 2.34. The van der Waals surface area contributed by atoms with Crippen molar-refractivity contribution in [1.82, 2.24) is 4.90 Å². The van der Waals surface area contributed by atoms with Crippen molar-refractivity contribution in [2.24, 2.45) is 0 Å². The van der Waals surface area contributed by atoms with E-state index in [1.165, 1.54) is 47.7 Å². The van der Waals surface area contributed by atoms with Crippen LogP contribution in [0, 0.1) is 0 Å². The summed E-state index contributed by atoms with van der Waals surface area (Å²) in [4.78, 5) is 2.64. The minimum atomic E-state index is 0.528. The molecule has 3 aromatic rings. The Labute approximate surface area is 150 Å². The third kappa shape index (κ3) is 3.67. The lowest BCUT2D eigenvalue weighted by atomic mass is 9.91. The van der Waals surface area contributed by atoms with Crippen LogP contribution in [0.15, 0.2) is 78.9 Å². The first kappa shape index (κ1) is 16.1. The van der Waals surface area contributed by atoms with Gasteiger partial charge in [0, 0.05) is 12.6 Å². The summed E-state index contributed by atoms with van der Waals surface area (Å²) in [6.07, 6.45) is 8.45. The van der Waals surface area contributed by atoms with Crippen LogP contribution in [-0.2, 0) is 0 Å². The first-order valence-electron chi connectivity index (χ1n) is 9.35. The molecule has 1 aliphatic rings. The van der Waals surface area contributed by atoms with Gasteiger partial charge in [0.2, 0.25) is 0 Å². The third-order valence-electron chi connectivity index (χ3n) is 5.25. The van der Waals surface area contributed by atoms with E-state index < -0.39 is 0 Å². The van der Waals surface area contributed by atoms with Gasteiger partial charge in [0.25, 0.3) is 0 Å². The highest BCUT2D eigenvalue weighted by atomic mass is 15.2. The minimum Gasteiger partial charge on any atom is -0.293 e. The van der Waals surface area contributed by atoms with Crippen LogP contribution in [0.25, 0.3) is 16.8 Å². The Morgan fingerprint density at radius 1 is 0.840 bits per heavy atom. The summed E-state index contributed by atoms with van der Waals surface area (Å²) in [6, 6.07) is 26.7. The first-order chi connectivity index (χ1) is 12.4. The summed E-state index contributed by atoms with van der Waals surface area (Å²) in [5.74, 6) is 0. The van der Waals surface area contributed by atoms with Crippen molar-refractivity contribution in [3.8, 4) is 0 Å². The van der Waals surface area contributed by atoms with Gasteiger partial charge < -0.3 is 0 Å². The zero-order valence-corrected chi connectivity index (χ0v) is 14.6. The van der Waals surface area contributed by atoms with E-state index >= 15 is 0 Å². The lowest BCUT2D eigenvalue weighted by Gasteiger charge is -2.36. The van der Waals surface area contributed by atoms with Gasteiger partial charge in [-0.15, -0.1) is 0 Å². The molecule has 0 spiro atoms. The summed E-state index contributed by atoms with van der Waals surface area (Å²) < 4.78 is 0. The average molecular weight is 327 g/mol. The quantitative estimate of drug-likeness (QED) is 0.561. The molecule has 0 radical (unpaired) electrons. The van der Waals surface area contributed by atoms with Crippen LogP contribution < -0.4 is 0 Å². The van der Waals surface area contributed by atoms with Crippen molar-refractivity contribution in [3.63, 3.8) is 0 Å². The minimum absolute atomic E-state index is 0.528. The van der Waals surface area contributed by atoms with Crippen LogP contribution in [0.2, 0.25) is 0 Å². The van der Waals surface area contributed by atoms with Crippen molar-refractivity contribution in [2.45, 2.75) is 25.3 Å². The Balaban J connectivity index is 1.57. The molecule has 1 unspecified atom stereocenters. The normalized spacial score (nSPS) is 18.8. The second-order valence-corrected chi connectivity index (χ2v) is 6.89. The Morgan fingerprint density at radius 2 is 1.64 bits per heavy atom. The van der Waals surface area contributed by atoms with E-state index in [0.29, 0.717) is 6.04 Å². The fourth-order valence-corrected chi connectivity index (χ4v) is 3.99. The van der Waals surface area contributed by atoms with Crippen molar-refractivity contribution in [2.75, 3.05) is 13.1 Å². The molecule has 25 heavy (non-hydrogen) atoms. The maximum Gasteiger partial charge on any atom is 0.0357 e. The predicted molar refractivity (Wildman–Crippen MR) is 108 cm³/mol. The van der Waals surface area contributed by atoms with E-state index in [0.717, 1.165) is 6.54 Å². The Kier molecular flexibility index (Phi) is 4.94. The molecular weight excluding hydrogens is 302 g/mol. The average Bonchev–Trinajstić information content (AvgIpc) is 2.69. The van der Waals surface area contributed by atoms with Crippen LogP contribution in [0.3, 0.4) is 0 Å². The molecule has 3 aromatic carbocycles. The maximum absolute atomic E-state index is 2.64. The standard InChI is InChI=1S/C24H25N/c1-2-10-20(11-3-1)12-9-19-25-18-7-6-17-24(25)23-16-8-14-21-13-4-5-15-22(21)23/h1-5,8-16,24H,6-7,17-19H2/b12-9+. The van der Waals surface area contributed by atoms with Gasteiger partial charge >= 0.3 is 0 Å². The molecule has 0 amide bonds. The lowest BCUT2D eigenvalue weighted by molar-refractivity contribution is 0.167. The molecule has 0 N–H and O–H groups in total. The van der Waals surface area contributed by atoms with Crippen LogP contribution in [0.1, 0.15) is 36.4 Å². The molecule has 1 aliphatic heterocycles. The van der Waals surface area contributed by atoms with E-state index in [2.05, 4.69) is 89.8 Å². The number of hydrogen-bond acceptors (Lipinski definition) is 1. The number of piperidine rings is 1.